The van der Waals surface area contributed by atoms with E-state index in [9.17, 15) is 0 Å². The van der Waals surface area contributed by atoms with Crippen LogP contribution in [0.1, 0.15) is 43.8 Å². The topological polar surface area (TPSA) is 51.0 Å². The number of nitrogens with one attached hydrogen (secondary N) is 1. The molecule has 3 rings (SSSR count). The van der Waals surface area contributed by atoms with Crippen molar-refractivity contribution in [1.82, 2.24) is 15.5 Å². The fraction of sp³-hybridized carbons (Fsp3) is 0.846. The van der Waals surface area contributed by atoms with Crippen LogP contribution in [0.3, 0.4) is 0 Å². The monoisotopic (exact) mass is 267 g/mol. The summed E-state index contributed by atoms with van der Waals surface area (Å²) in [6.07, 6.45) is 7.68. The normalized spacial score (nSPS) is 25.0. The van der Waals surface area contributed by atoms with Gasteiger partial charge in [-0.25, -0.2) is 0 Å². The molecule has 2 aliphatic rings. The molecule has 0 radical (unpaired) electrons. The predicted molar refractivity (Wildman–Crippen MR) is 72.5 cm³/mol. The standard InChI is InChI=1S/C13H21N3OS/c1-2-4-11(3-1)18-9-12-15-13(17-16-12)7-10-5-6-14-8-10/h10-11,14H,1-9H2. The van der Waals surface area contributed by atoms with Gasteiger partial charge in [-0.2, -0.15) is 16.7 Å². The lowest BCUT2D eigenvalue weighted by Crippen LogP contribution is -2.10. The molecule has 0 spiro atoms. The van der Waals surface area contributed by atoms with Gasteiger partial charge in [0, 0.05) is 11.7 Å². The third-order valence-corrected chi connectivity index (χ3v) is 5.25. The van der Waals surface area contributed by atoms with Gasteiger partial charge in [-0.3, -0.25) is 0 Å². The van der Waals surface area contributed by atoms with E-state index >= 15 is 0 Å². The van der Waals surface area contributed by atoms with Crippen molar-refractivity contribution in [3.63, 3.8) is 0 Å². The van der Waals surface area contributed by atoms with E-state index in [1.165, 1.54) is 32.1 Å². The van der Waals surface area contributed by atoms with Gasteiger partial charge >= 0.3 is 0 Å². The third kappa shape index (κ3) is 3.26. The summed E-state index contributed by atoms with van der Waals surface area (Å²) in [4.78, 5) is 4.51. The van der Waals surface area contributed by atoms with Crippen molar-refractivity contribution in [2.45, 2.75) is 49.5 Å². The second-order valence-electron chi connectivity index (χ2n) is 5.38. The Morgan fingerprint density at radius 2 is 2.17 bits per heavy atom. The summed E-state index contributed by atoms with van der Waals surface area (Å²) in [7, 11) is 0. The number of hydrogen-bond acceptors (Lipinski definition) is 5. The molecule has 1 aliphatic heterocycles. The summed E-state index contributed by atoms with van der Waals surface area (Å²) in [6.45, 7) is 2.22. The van der Waals surface area contributed by atoms with E-state index in [1.54, 1.807) is 0 Å². The number of aromatic nitrogens is 2. The van der Waals surface area contributed by atoms with Crippen LogP contribution in [0.5, 0.6) is 0 Å². The molecule has 5 heteroatoms. The molecule has 1 saturated carbocycles. The van der Waals surface area contributed by atoms with Crippen molar-refractivity contribution in [1.29, 1.82) is 0 Å². The van der Waals surface area contributed by atoms with Crippen LogP contribution in [-0.4, -0.2) is 28.5 Å². The Morgan fingerprint density at radius 1 is 1.28 bits per heavy atom. The fourth-order valence-corrected chi connectivity index (χ4v) is 3.98. The van der Waals surface area contributed by atoms with Crippen molar-refractivity contribution in [3.8, 4) is 0 Å². The molecule has 2 heterocycles. The quantitative estimate of drug-likeness (QED) is 0.887. The van der Waals surface area contributed by atoms with Gasteiger partial charge in [0.2, 0.25) is 5.89 Å². The lowest BCUT2D eigenvalue weighted by Gasteiger charge is -2.05. The molecule has 18 heavy (non-hydrogen) atoms. The van der Waals surface area contributed by atoms with E-state index in [2.05, 4.69) is 15.5 Å². The molecule has 2 fully saturated rings. The number of rotatable bonds is 5. The maximum atomic E-state index is 5.34. The minimum absolute atomic E-state index is 0.681. The lowest BCUT2D eigenvalue weighted by atomic mass is 10.1. The van der Waals surface area contributed by atoms with Crippen LogP contribution >= 0.6 is 11.8 Å². The minimum atomic E-state index is 0.681. The highest BCUT2D eigenvalue weighted by molar-refractivity contribution is 7.99. The second-order valence-corrected chi connectivity index (χ2v) is 6.67. The molecular formula is C13H21N3OS. The molecule has 1 N–H and O–H groups in total. The summed E-state index contributed by atoms with van der Waals surface area (Å²) in [5.41, 5.74) is 0. The van der Waals surface area contributed by atoms with Crippen LogP contribution < -0.4 is 5.32 Å². The van der Waals surface area contributed by atoms with Gasteiger partial charge in [-0.05, 0) is 38.3 Å². The van der Waals surface area contributed by atoms with Gasteiger partial charge in [0.25, 0.3) is 0 Å². The van der Waals surface area contributed by atoms with Crippen molar-refractivity contribution in [2.75, 3.05) is 13.1 Å². The minimum Gasteiger partial charge on any atom is -0.339 e. The van der Waals surface area contributed by atoms with Gasteiger partial charge in [0.05, 0.1) is 5.75 Å². The summed E-state index contributed by atoms with van der Waals surface area (Å²) < 4.78 is 5.34. The molecule has 1 aromatic heterocycles. The Hall–Kier alpha value is -0.550. The first-order chi connectivity index (χ1) is 8.90. The zero-order chi connectivity index (χ0) is 12.2. The first-order valence-corrected chi connectivity index (χ1v) is 8.09. The van der Waals surface area contributed by atoms with E-state index in [4.69, 9.17) is 4.52 Å². The Kier molecular flexibility index (Phi) is 4.20. The molecule has 100 valence electrons. The van der Waals surface area contributed by atoms with Gasteiger partial charge in [-0.1, -0.05) is 18.0 Å². The van der Waals surface area contributed by atoms with Crippen LogP contribution in [0.2, 0.25) is 0 Å². The molecule has 0 aromatic carbocycles. The number of thioether (sulfide) groups is 1. The third-order valence-electron chi connectivity index (χ3n) is 3.89. The molecular weight excluding hydrogens is 246 g/mol. The van der Waals surface area contributed by atoms with Crippen LogP contribution in [-0.2, 0) is 12.2 Å². The van der Waals surface area contributed by atoms with E-state index in [0.29, 0.717) is 5.92 Å². The molecule has 1 saturated heterocycles. The van der Waals surface area contributed by atoms with Crippen molar-refractivity contribution >= 4 is 11.8 Å². The highest BCUT2D eigenvalue weighted by atomic mass is 32.2. The van der Waals surface area contributed by atoms with Crippen LogP contribution in [0.25, 0.3) is 0 Å². The van der Waals surface area contributed by atoms with Crippen molar-refractivity contribution in [2.24, 2.45) is 5.92 Å². The van der Waals surface area contributed by atoms with Crippen molar-refractivity contribution < 1.29 is 4.52 Å². The van der Waals surface area contributed by atoms with E-state index in [-0.39, 0.29) is 0 Å². The summed E-state index contributed by atoms with van der Waals surface area (Å²) >= 11 is 2.00. The zero-order valence-electron chi connectivity index (χ0n) is 10.7. The Balaban J connectivity index is 1.46. The smallest absolute Gasteiger partial charge is 0.226 e. The first-order valence-electron chi connectivity index (χ1n) is 7.04. The molecule has 1 aromatic rings. The Morgan fingerprint density at radius 3 is 2.94 bits per heavy atom. The Bertz CT molecular complexity index is 370. The lowest BCUT2D eigenvalue weighted by molar-refractivity contribution is 0.354. The second kappa shape index (κ2) is 6.06. The molecule has 1 aliphatic carbocycles. The largest absolute Gasteiger partial charge is 0.339 e. The van der Waals surface area contributed by atoms with E-state index < -0.39 is 0 Å². The van der Waals surface area contributed by atoms with Gasteiger partial charge in [0.1, 0.15) is 0 Å². The first kappa shape index (κ1) is 12.5. The predicted octanol–water partition coefficient (Wildman–Crippen LogP) is 2.40. The van der Waals surface area contributed by atoms with Crippen molar-refractivity contribution in [3.05, 3.63) is 11.7 Å². The van der Waals surface area contributed by atoms with E-state index in [0.717, 1.165) is 42.2 Å². The van der Waals surface area contributed by atoms with Crippen LogP contribution in [0, 0.1) is 5.92 Å². The Labute approximate surface area is 112 Å². The maximum Gasteiger partial charge on any atom is 0.226 e. The fourth-order valence-electron chi connectivity index (χ4n) is 2.81. The summed E-state index contributed by atoms with van der Waals surface area (Å²) in [5, 5.41) is 8.28. The summed E-state index contributed by atoms with van der Waals surface area (Å²) in [5.74, 6) is 3.30. The molecule has 4 nitrogen and oxygen atoms in total. The van der Waals surface area contributed by atoms with E-state index in [1.807, 2.05) is 11.8 Å². The van der Waals surface area contributed by atoms with Gasteiger partial charge in [0.15, 0.2) is 5.82 Å². The van der Waals surface area contributed by atoms with Crippen LogP contribution in [0.15, 0.2) is 4.52 Å². The highest BCUT2D eigenvalue weighted by Crippen LogP contribution is 2.31. The molecule has 1 unspecified atom stereocenters. The highest BCUT2D eigenvalue weighted by Gasteiger charge is 2.19. The average molecular weight is 267 g/mol. The van der Waals surface area contributed by atoms with Gasteiger partial charge in [-0.15, -0.1) is 0 Å². The average Bonchev–Trinajstić information content (AvgIpc) is 3.09. The summed E-state index contributed by atoms with van der Waals surface area (Å²) in [6, 6.07) is 0. The van der Waals surface area contributed by atoms with Gasteiger partial charge < -0.3 is 9.84 Å². The number of nitrogens with zero attached hydrogens (tertiary/aromatic N) is 2. The molecule has 0 bridgehead atoms. The SMILES string of the molecule is C1CCC(SCc2noc(CC3CCNC3)n2)C1. The molecule has 0 amide bonds. The maximum absolute atomic E-state index is 5.34. The molecule has 1 atom stereocenters. The number of hydrogen-bond donors (Lipinski definition) is 1. The zero-order valence-corrected chi connectivity index (χ0v) is 11.5. The van der Waals surface area contributed by atoms with Crippen LogP contribution in [0.4, 0.5) is 0 Å².